The Balaban J connectivity index is 0.00000451. The maximum atomic E-state index is 13.6. The molecule has 2 fully saturated rings. The number of hydrogen-bond donors (Lipinski definition) is 1. The summed E-state index contributed by atoms with van der Waals surface area (Å²) in [6.45, 7) is 7.43. The molecule has 12 heteroatoms. The third-order valence-corrected chi connectivity index (χ3v) is 10.9. The molecule has 1 saturated heterocycles. The van der Waals surface area contributed by atoms with Crippen LogP contribution < -0.4 is 21.5 Å². The maximum absolute atomic E-state index is 13.6. The van der Waals surface area contributed by atoms with E-state index in [1.54, 1.807) is 42.1 Å². The lowest BCUT2D eigenvalue weighted by Crippen LogP contribution is -3.00. The molecule has 1 spiro atoms. The van der Waals surface area contributed by atoms with Crippen molar-refractivity contribution in [3.8, 4) is 0 Å². The summed E-state index contributed by atoms with van der Waals surface area (Å²) in [5.74, 6) is -3.16. The average Bonchev–Trinajstić information content (AvgIpc) is 3.64. The molecule has 0 radical (unpaired) electrons. The van der Waals surface area contributed by atoms with Crippen LogP contribution in [0.1, 0.15) is 40.5 Å². The first-order valence-corrected chi connectivity index (χ1v) is 16.7. The van der Waals surface area contributed by atoms with Crippen LogP contribution in [0, 0.1) is 29.6 Å². The number of pyridine rings is 1. The van der Waals surface area contributed by atoms with Gasteiger partial charge < -0.3 is 45.8 Å². The quantitative estimate of drug-likeness (QED) is 0.187. The Morgan fingerprint density at radius 2 is 1.94 bits per heavy atom. The fraction of sp³-hybridized carbons (Fsp3) is 0.556. The minimum atomic E-state index is -0.995. The summed E-state index contributed by atoms with van der Waals surface area (Å²) in [5.41, 5.74) is 0.440. The van der Waals surface area contributed by atoms with Crippen LogP contribution in [-0.2, 0) is 44.6 Å². The zero-order valence-corrected chi connectivity index (χ0v) is 30.0. The summed E-state index contributed by atoms with van der Waals surface area (Å²) in [6, 6.07) is 3.35. The summed E-state index contributed by atoms with van der Waals surface area (Å²) in [6.07, 6.45) is 11.1. The molecule has 1 saturated carbocycles. The molecule has 1 aromatic rings. The highest BCUT2D eigenvalue weighted by Crippen LogP contribution is 2.61. The molecule has 3 heterocycles. The van der Waals surface area contributed by atoms with Gasteiger partial charge in [0.1, 0.15) is 30.0 Å². The van der Waals surface area contributed by atoms with E-state index < -0.39 is 66.1 Å². The maximum Gasteiger partial charge on any atom is 0.373 e. The number of rotatable bonds is 7. The third-order valence-electron chi connectivity index (χ3n) is 10.6. The van der Waals surface area contributed by atoms with E-state index in [1.165, 1.54) is 7.11 Å². The largest absolute Gasteiger partial charge is 1.00 e. The van der Waals surface area contributed by atoms with E-state index in [-0.39, 0.29) is 53.6 Å². The Hall–Kier alpha value is -2.83. The second-order valence-electron chi connectivity index (χ2n) is 13.5. The first-order chi connectivity index (χ1) is 22.4. The molecule has 2 aliphatic heterocycles. The Bertz CT molecular complexity index is 1530. The van der Waals surface area contributed by atoms with Gasteiger partial charge in [0, 0.05) is 54.4 Å². The number of carbonyl (C=O) groups excluding carboxylic acids is 3. The fourth-order valence-corrected chi connectivity index (χ4v) is 8.40. The van der Waals surface area contributed by atoms with Crippen LogP contribution in [0.2, 0.25) is 5.02 Å². The normalized spacial score (nSPS) is 38.4. The van der Waals surface area contributed by atoms with E-state index in [0.717, 1.165) is 5.57 Å². The van der Waals surface area contributed by atoms with Gasteiger partial charge in [-0.2, -0.15) is 4.57 Å². The summed E-state index contributed by atoms with van der Waals surface area (Å²) in [4.78, 5) is 39.7. The highest BCUT2D eigenvalue weighted by Gasteiger charge is 2.69. The zero-order valence-electron chi connectivity index (χ0n) is 27.7. The van der Waals surface area contributed by atoms with Gasteiger partial charge in [0.25, 0.3) is 0 Å². The number of nitrogens with zero attached hydrogens (tertiary/aromatic N) is 1. The topological polar surface area (TPSA) is 121 Å². The van der Waals surface area contributed by atoms with Crippen molar-refractivity contribution in [3.63, 3.8) is 0 Å². The Morgan fingerprint density at radius 1 is 1.21 bits per heavy atom. The number of methoxy groups -OCH3 is 1. The lowest BCUT2D eigenvalue weighted by molar-refractivity contribution is -0.686. The number of esters is 3. The molecule has 0 amide bonds. The van der Waals surface area contributed by atoms with Gasteiger partial charge in [-0.15, -0.1) is 0 Å². The van der Waals surface area contributed by atoms with Gasteiger partial charge in [-0.05, 0) is 32.3 Å². The first-order valence-electron chi connectivity index (χ1n) is 16.3. The number of allylic oxidation sites excluding steroid dienone is 3. The van der Waals surface area contributed by atoms with Gasteiger partial charge in [0.15, 0.2) is 18.5 Å². The van der Waals surface area contributed by atoms with Gasteiger partial charge in [-0.1, -0.05) is 61.9 Å². The monoisotopic (exact) mass is 747 g/mol. The molecule has 48 heavy (non-hydrogen) atoms. The molecule has 5 aliphatic rings. The summed E-state index contributed by atoms with van der Waals surface area (Å²) >= 11 is 5.97. The molecular formula is C36H43BrClNO9. The van der Waals surface area contributed by atoms with Gasteiger partial charge in [0.05, 0.1) is 11.1 Å². The predicted octanol–water partition coefficient (Wildman–Crippen LogP) is 0.841. The minimum absolute atomic E-state index is 0. The Kier molecular flexibility index (Phi) is 11.1. The Labute approximate surface area is 296 Å². The second kappa shape index (κ2) is 14.6. The highest BCUT2D eigenvalue weighted by atomic mass is 79.9. The van der Waals surface area contributed by atoms with E-state index >= 15 is 0 Å². The molecule has 0 unspecified atom stereocenters. The number of aromatic nitrogens is 1. The van der Waals surface area contributed by atoms with Crippen LogP contribution in [0.5, 0.6) is 0 Å². The van der Waals surface area contributed by atoms with Crippen LogP contribution in [0.4, 0.5) is 0 Å². The summed E-state index contributed by atoms with van der Waals surface area (Å²) in [5, 5.41) is 12.5. The molecule has 260 valence electrons. The number of ether oxygens (including phenoxy) is 5. The van der Waals surface area contributed by atoms with E-state index in [2.05, 4.69) is 0 Å². The molecule has 1 N–H and O–H groups in total. The number of carbonyl (C=O) groups is 3. The van der Waals surface area contributed by atoms with Crippen molar-refractivity contribution >= 4 is 29.5 Å². The minimum Gasteiger partial charge on any atom is -1.00 e. The van der Waals surface area contributed by atoms with Crippen LogP contribution >= 0.6 is 11.6 Å². The molecule has 10 nitrogen and oxygen atoms in total. The summed E-state index contributed by atoms with van der Waals surface area (Å²) < 4.78 is 32.3. The SMILES string of the molecule is CO[C@H]1C[C@H]2C=C[C@H]3[C@H]4O[C@]2(/C(C)=C/[C@@H](C)[C@@H]([C@@H](C)OC(=O)C[n+]2ccc(Cl)cc2)OC1=O)[C@@H]3[C@H](O)[C@@H](C)[C@H]4OC(=O)C1=CC=CC1.[Br-]. The van der Waals surface area contributed by atoms with Crippen molar-refractivity contribution in [2.75, 3.05) is 7.11 Å². The molecule has 1 aromatic heterocycles. The highest BCUT2D eigenvalue weighted by molar-refractivity contribution is 6.30. The van der Waals surface area contributed by atoms with Gasteiger partial charge in [0.2, 0.25) is 6.54 Å². The number of aliphatic hydroxyl groups is 1. The predicted molar refractivity (Wildman–Crippen MR) is 170 cm³/mol. The van der Waals surface area contributed by atoms with Crippen molar-refractivity contribution in [2.45, 2.75) is 89.3 Å². The van der Waals surface area contributed by atoms with Crippen LogP contribution in [0.15, 0.2) is 72.1 Å². The first kappa shape index (κ1) is 36.5. The molecular weight excluding hydrogens is 706 g/mol. The smallest absolute Gasteiger partial charge is 0.373 e. The van der Waals surface area contributed by atoms with E-state index in [1.807, 2.05) is 51.2 Å². The summed E-state index contributed by atoms with van der Waals surface area (Å²) in [7, 11) is 1.46. The molecule has 6 rings (SSSR count). The number of hydrogen-bond acceptors (Lipinski definition) is 9. The molecule has 4 bridgehead atoms. The molecule has 0 aromatic carbocycles. The van der Waals surface area contributed by atoms with Crippen LogP contribution in [0.25, 0.3) is 0 Å². The third kappa shape index (κ3) is 6.56. The van der Waals surface area contributed by atoms with Crippen LogP contribution in [-0.4, -0.2) is 72.3 Å². The molecule has 3 aliphatic carbocycles. The van der Waals surface area contributed by atoms with E-state index in [0.29, 0.717) is 17.0 Å². The van der Waals surface area contributed by atoms with Gasteiger partial charge >= 0.3 is 17.9 Å². The molecule has 12 atom stereocenters. The number of cyclic esters (lactones) is 1. The standard InChI is InChI=1S/C36H43ClNO9.BrH/c1-19-16-20(2)36-24(10-11-26-29(36)30(40)21(3)32(33(26)47-36)46-34(41)23-8-6-7-9-23)17-27(43-5)35(42)45-31(19)22(4)44-28(39)18-38-14-12-25(37)13-15-38;/h6-8,10-16,19,21-22,24,26-27,29-33,40H,9,17-18H2,1-5H3;1H/q+1;/p-1/b20-16+;/t19-,21-,22-,24-,26-,27+,29+,30-,31+,32-,33-,36+;/m1./s1. The lowest BCUT2D eigenvalue weighted by atomic mass is 9.57. The van der Waals surface area contributed by atoms with Gasteiger partial charge in [-0.3, -0.25) is 0 Å². The van der Waals surface area contributed by atoms with Crippen molar-refractivity contribution in [2.24, 2.45) is 29.6 Å². The van der Waals surface area contributed by atoms with Gasteiger partial charge in [-0.25, -0.2) is 14.4 Å². The average molecular weight is 749 g/mol. The number of aliphatic hydroxyl groups excluding tert-OH is 1. The zero-order chi connectivity index (χ0) is 33.6. The van der Waals surface area contributed by atoms with Crippen molar-refractivity contribution in [3.05, 3.63) is 77.2 Å². The van der Waals surface area contributed by atoms with Crippen molar-refractivity contribution < 1.29 is 64.7 Å². The number of halogens is 2. The van der Waals surface area contributed by atoms with E-state index in [4.69, 9.17) is 35.3 Å². The van der Waals surface area contributed by atoms with Crippen molar-refractivity contribution in [1.82, 2.24) is 0 Å². The van der Waals surface area contributed by atoms with Crippen molar-refractivity contribution in [1.29, 1.82) is 0 Å². The lowest BCUT2D eigenvalue weighted by Gasteiger charge is -2.49. The van der Waals surface area contributed by atoms with E-state index in [9.17, 15) is 19.5 Å². The van der Waals surface area contributed by atoms with Crippen LogP contribution in [0.3, 0.4) is 0 Å². The fourth-order valence-electron chi connectivity index (χ4n) is 8.29. The Morgan fingerprint density at radius 3 is 2.60 bits per heavy atom. The second-order valence-corrected chi connectivity index (χ2v) is 13.9.